The summed E-state index contributed by atoms with van der Waals surface area (Å²) in [6.07, 6.45) is 8.59. The van der Waals surface area contributed by atoms with Gasteiger partial charge in [-0.1, -0.05) is 36.8 Å². The van der Waals surface area contributed by atoms with Crippen molar-refractivity contribution in [3.05, 3.63) is 35.9 Å². The molecular formula is C21H31NO3S. The molecule has 5 heteroatoms. The zero-order chi connectivity index (χ0) is 18.2. The molecule has 26 heavy (non-hydrogen) atoms. The highest BCUT2D eigenvalue weighted by molar-refractivity contribution is 7.90. The van der Waals surface area contributed by atoms with Crippen LogP contribution >= 0.6 is 0 Å². The SMILES string of the molecule is CS(=O)(=O)CC1CC(NC2CC(COCc3ccccc3)C23CCC3)C1. The minimum Gasteiger partial charge on any atom is -0.376 e. The largest absolute Gasteiger partial charge is 0.376 e. The van der Waals surface area contributed by atoms with Gasteiger partial charge in [0.2, 0.25) is 0 Å². The summed E-state index contributed by atoms with van der Waals surface area (Å²) in [5.74, 6) is 1.41. The minimum atomic E-state index is -2.83. The Morgan fingerprint density at radius 2 is 1.88 bits per heavy atom. The summed E-state index contributed by atoms with van der Waals surface area (Å²) in [5.41, 5.74) is 1.70. The third-order valence-electron chi connectivity index (χ3n) is 6.95. The van der Waals surface area contributed by atoms with E-state index in [1.807, 2.05) is 6.07 Å². The number of hydrogen-bond acceptors (Lipinski definition) is 4. The van der Waals surface area contributed by atoms with Gasteiger partial charge >= 0.3 is 0 Å². The highest BCUT2D eigenvalue weighted by Gasteiger charge is 2.58. The fourth-order valence-electron chi connectivity index (χ4n) is 5.30. The van der Waals surface area contributed by atoms with Crippen molar-refractivity contribution in [3.8, 4) is 0 Å². The summed E-state index contributed by atoms with van der Waals surface area (Å²) in [5, 5.41) is 3.85. The number of rotatable bonds is 8. The number of ether oxygens (including phenoxy) is 1. The van der Waals surface area contributed by atoms with Gasteiger partial charge < -0.3 is 10.1 Å². The molecule has 1 N–H and O–H groups in total. The van der Waals surface area contributed by atoms with E-state index in [0.29, 0.717) is 41.7 Å². The Balaban J connectivity index is 1.21. The quantitative estimate of drug-likeness (QED) is 0.756. The first-order valence-electron chi connectivity index (χ1n) is 10.00. The third kappa shape index (κ3) is 3.85. The van der Waals surface area contributed by atoms with Gasteiger partial charge in [-0.25, -0.2) is 8.42 Å². The standard InChI is InChI=1S/C21H31NO3S/c1-26(23,24)15-17-10-19(11-17)22-20-12-18(21(20)8-5-9-21)14-25-13-16-6-3-2-4-7-16/h2-4,6-7,17-20,22H,5,8-15H2,1H3. The molecule has 3 aliphatic rings. The summed E-state index contributed by atoms with van der Waals surface area (Å²) in [7, 11) is -2.83. The van der Waals surface area contributed by atoms with Crippen LogP contribution in [0.3, 0.4) is 0 Å². The zero-order valence-corrected chi connectivity index (χ0v) is 16.5. The Morgan fingerprint density at radius 3 is 2.50 bits per heavy atom. The lowest BCUT2D eigenvalue weighted by Crippen LogP contribution is -2.67. The minimum absolute atomic E-state index is 0.358. The Bertz CT molecular complexity index is 708. The summed E-state index contributed by atoms with van der Waals surface area (Å²) in [6, 6.07) is 11.5. The van der Waals surface area contributed by atoms with Gasteiger partial charge in [0.25, 0.3) is 0 Å². The molecule has 4 rings (SSSR count). The van der Waals surface area contributed by atoms with Crippen molar-refractivity contribution in [2.24, 2.45) is 17.3 Å². The maximum absolute atomic E-state index is 11.4. The molecule has 2 unspecified atom stereocenters. The van der Waals surface area contributed by atoms with Crippen LogP contribution < -0.4 is 5.32 Å². The van der Waals surface area contributed by atoms with Crippen molar-refractivity contribution in [3.63, 3.8) is 0 Å². The van der Waals surface area contributed by atoms with E-state index in [1.165, 1.54) is 37.5 Å². The predicted molar refractivity (Wildman–Crippen MR) is 104 cm³/mol. The van der Waals surface area contributed by atoms with E-state index in [2.05, 4.69) is 29.6 Å². The Morgan fingerprint density at radius 1 is 1.15 bits per heavy atom. The number of nitrogens with one attached hydrogen (secondary N) is 1. The smallest absolute Gasteiger partial charge is 0.147 e. The Hall–Kier alpha value is -0.910. The second-order valence-corrected chi connectivity index (χ2v) is 11.1. The second-order valence-electron chi connectivity index (χ2n) is 8.87. The lowest BCUT2D eigenvalue weighted by atomic mass is 9.47. The first kappa shape index (κ1) is 18.5. The van der Waals surface area contributed by atoms with Crippen LogP contribution in [-0.2, 0) is 21.2 Å². The summed E-state index contributed by atoms with van der Waals surface area (Å²) in [6.45, 7) is 1.58. The van der Waals surface area contributed by atoms with Gasteiger partial charge in [0.1, 0.15) is 9.84 Å². The third-order valence-corrected chi connectivity index (χ3v) is 8.03. The molecule has 2 atom stereocenters. The molecule has 0 saturated heterocycles. The van der Waals surface area contributed by atoms with E-state index < -0.39 is 9.84 Å². The molecule has 3 aliphatic carbocycles. The van der Waals surface area contributed by atoms with Crippen molar-refractivity contribution in [2.45, 2.75) is 57.2 Å². The van der Waals surface area contributed by atoms with Crippen molar-refractivity contribution in [1.82, 2.24) is 5.32 Å². The van der Waals surface area contributed by atoms with E-state index in [4.69, 9.17) is 4.74 Å². The number of sulfone groups is 1. The molecule has 1 aromatic carbocycles. The first-order valence-corrected chi connectivity index (χ1v) is 12.1. The van der Waals surface area contributed by atoms with Gasteiger partial charge in [0.15, 0.2) is 0 Å². The molecule has 1 spiro atoms. The van der Waals surface area contributed by atoms with E-state index in [9.17, 15) is 8.42 Å². The van der Waals surface area contributed by atoms with Crippen LogP contribution in [0.1, 0.15) is 44.1 Å². The van der Waals surface area contributed by atoms with Gasteiger partial charge in [0.05, 0.1) is 19.0 Å². The van der Waals surface area contributed by atoms with E-state index >= 15 is 0 Å². The van der Waals surface area contributed by atoms with Crippen LogP contribution in [0.4, 0.5) is 0 Å². The maximum atomic E-state index is 11.4. The van der Waals surface area contributed by atoms with E-state index in [1.54, 1.807) is 0 Å². The van der Waals surface area contributed by atoms with Gasteiger partial charge in [-0.15, -0.1) is 0 Å². The lowest BCUT2D eigenvalue weighted by molar-refractivity contribution is -0.129. The normalized spacial score (nSPS) is 32.5. The molecule has 0 aliphatic heterocycles. The lowest BCUT2D eigenvalue weighted by Gasteiger charge is -2.63. The summed E-state index contributed by atoms with van der Waals surface area (Å²) in [4.78, 5) is 0. The van der Waals surface area contributed by atoms with E-state index in [0.717, 1.165) is 19.4 Å². The molecule has 0 bridgehead atoms. The van der Waals surface area contributed by atoms with E-state index in [-0.39, 0.29) is 0 Å². The van der Waals surface area contributed by atoms with Crippen molar-refractivity contribution in [1.29, 1.82) is 0 Å². The predicted octanol–water partition coefficient (Wildman–Crippen LogP) is 3.17. The average Bonchev–Trinajstić information content (AvgIpc) is 2.48. The van der Waals surface area contributed by atoms with Crippen LogP contribution in [0, 0.1) is 17.3 Å². The monoisotopic (exact) mass is 377 g/mol. The van der Waals surface area contributed by atoms with Gasteiger partial charge in [-0.05, 0) is 54.9 Å². The average molecular weight is 378 g/mol. The molecule has 0 radical (unpaired) electrons. The highest BCUT2D eigenvalue weighted by atomic mass is 32.2. The summed E-state index contributed by atoms with van der Waals surface area (Å²) < 4.78 is 28.8. The zero-order valence-electron chi connectivity index (χ0n) is 15.7. The molecule has 1 aromatic rings. The molecule has 144 valence electrons. The molecule has 0 aromatic heterocycles. The number of benzene rings is 1. The highest BCUT2D eigenvalue weighted by Crippen LogP contribution is 2.60. The maximum Gasteiger partial charge on any atom is 0.147 e. The first-order chi connectivity index (χ1) is 12.4. The fraction of sp³-hybridized carbons (Fsp3) is 0.714. The van der Waals surface area contributed by atoms with Gasteiger partial charge in [-0.2, -0.15) is 0 Å². The topological polar surface area (TPSA) is 55.4 Å². The Labute approximate surface area is 157 Å². The second kappa shape index (κ2) is 7.25. The Kier molecular flexibility index (Phi) is 5.15. The van der Waals surface area contributed by atoms with Gasteiger partial charge in [0, 0.05) is 18.3 Å². The number of hydrogen-bond donors (Lipinski definition) is 1. The molecule has 4 nitrogen and oxygen atoms in total. The molecular weight excluding hydrogens is 346 g/mol. The van der Waals surface area contributed by atoms with Crippen LogP contribution in [0.15, 0.2) is 30.3 Å². The van der Waals surface area contributed by atoms with Crippen molar-refractivity contribution >= 4 is 9.84 Å². The van der Waals surface area contributed by atoms with Crippen LogP contribution in [0.5, 0.6) is 0 Å². The van der Waals surface area contributed by atoms with Crippen molar-refractivity contribution < 1.29 is 13.2 Å². The molecule has 0 heterocycles. The molecule has 0 amide bonds. The van der Waals surface area contributed by atoms with Gasteiger partial charge in [-0.3, -0.25) is 0 Å². The molecule has 3 fully saturated rings. The molecule has 3 saturated carbocycles. The van der Waals surface area contributed by atoms with Crippen LogP contribution in [0.2, 0.25) is 0 Å². The van der Waals surface area contributed by atoms with Crippen LogP contribution in [0.25, 0.3) is 0 Å². The van der Waals surface area contributed by atoms with Crippen LogP contribution in [-0.4, -0.2) is 39.1 Å². The summed E-state index contributed by atoms with van der Waals surface area (Å²) >= 11 is 0. The fourth-order valence-corrected chi connectivity index (χ4v) is 6.43. The van der Waals surface area contributed by atoms with Crippen molar-refractivity contribution in [2.75, 3.05) is 18.6 Å².